The van der Waals surface area contributed by atoms with Gasteiger partial charge in [0.25, 0.3) is 0 Å². The topological polar surface area (TPSA) is 6.48 Å². The number of nitrogens with zero attached hydrogens (tertiary/aromatic N) is 2. The van der Waals surface area contributed by atoms with Gasteiger partial charge in [-0.3, -0.25) is 0 Å². The maximum absolute atomic E-state index is 2.42. The zero-order valence-corrected chi connectivity index (χ0v) is 22.2. The molecule has 0 heterocycles. The first kappa shape index (κ1) is 23.6. The maximum atomic E-state index is 2.42. The summed E-state index contributed by atoms with van der Waals surface area (Å²) in [7, 11) is -1.64. The van der Waals surface area contributed by atoms with Crippen LogP contribution >= 0.6 is 0 Å². The van der Waals surface area contributed by atoms with E-state index in [4.69, 9.17) is 0 Å². The Hall–Kier alpha value is -4.08. The normalized spacial score (nSPS) is 11.2. The van der Waals surface area contributed by atoms with Crippen molar-refractivity contribution in [3.05, 3.63) is 140 Å². The summed E-state index contributed by atoms with van der Waals surface area (Å²) in [6.07, 6.45) is 0. The Balaban J connectivity index is 1.76. The zero-order chi connectivity index (χ0) is 25.0. The average molecular weight is 485 g/mol. The van der Waals surface area contributed by atoms with Gasteiger partial charge in [-0.2, -0.15) is 0 Å². The van der Waals surface area contributed by atoms with Crippen molar-refractivity contribution in [3.63, 3.8) is 0 Å². The third-order valence-corrected chi connectivity index (χ3v) is 8.36. The Bertz CT molecular complexity index is 1220. The van der Waals surface area contributed by atoms with Gasteiger partial charge in [0.1, 0.15) is 0 Å². The summed E-state index contributed by atoms with van der Waals surface area (Å²) >= 11 is 0. The Morgan fingerprint density at radius 2 is 0.639 bits per heavy atom. The third-order valence-electron chi connectivity index (χ3n) is 6.34. The maximum Gasteiger partial charge on any atom is 0.0777 e. The molecule has 0 aliphatic heterocycles. The number of hydrogen-bond donors (Lipinski definition) is 0. The standard InChI is InChI=1S/C33H32N2Si/c1-36(2,3)33-25-31(34(27-16-8-4-9-17-27)28-18-10-5-11-19-28)24-32(26-33)35(29-20-12-6-13-21-29)30-22-14-7-15-23-30/h4-26H,1-3H3. The molecule has 178 valence electrons. The minimum Gasteiger partial charge on any atom is -0.310 e. The zero-order valence-electron chi connectivity index (χ0n) is 21.2. The lowest BCUT2D eigenvalue weighted by Gasteiger charge is -2.31. The monoisotopic (exact) mass is 484 g/mol. The average Bonchev–Trinajstić information content (AvgIpc) is 2.91. The molecule has 5 rings (SSSR count). The first-order valence-corrected chi connectivity index (χ1v) is 16.0. The molecule has 0 bridgehead atoms. The van der Waals surface area contributed by atoms with Gasteiger partial charge in [0, 0.05) is 34.1 Å². The summed E-state index contributed by atoms with van der Waals surface area (Å²) in [6.45, 7) is 7.25. The van der Waals surface area contributed by atoms with Crippen molar-refractivity contribution in [2.75, 3.05) is 9.80 Å². The Morgan fingerprint density at radius 1 is 0.361 bits per heavy atom. The van der Waals surface area contributed by atoms with Crippen LogP contribution < -0.4 is 15.0 Å². The van der Waals surface area contributed by atoms with Crippen LogP contribution in [-0.2, 0) is 0 Å². The van der Waals surface area contributed by atoms with Gasteiger partial charge in [0.15, 0.2) is 0 Å². The van der Waals surface area contributed by atoms with E-state index in [1.165, 1.54) is 16.6 Å². The molecule has 0 amide bonds. The van der Waals surface area contributed by atoms with E-state index in [-0.39, 0.29) is 0 Å². The highest BCUT2D eigenvalue weighted by Gasteiger charge is 2.23. The number of benzene rings is 5. The molecule has 5 aromatic carbocycles. The third kappa shape index (κ3) is 5.12. The number of anilines is 6. The fraction of sp³-hybridized carbons (Fsp3) is 0.0909. The number of para-hydroxylation sites is 4. The second-order valence-corrected chi connectivity index (χ2v) is 15.1. The van der Waals surface area contributed by atoms with Crippen molar-refractivity contribution < 1.29 is 0 Å². The summed E-state index contributed by atoms with van der Waals surface area (Å²) in [4.78, 5) is 4.72. The lowest BCUT2D eigenvalue weighted by atomic mass is 10.1. The molecule has 0 fully saturated rings. The smallest absolute Gasteiger partial charge is 0.0777 e. The molecule has 5 aromatic rings. The summed E-state index contributed by atoms with van der Waals surface area (Å²) < 4.78 is 0. The van der Waals surface area contributed by atoms with Crippen molar-refractivity contribution in [2.45, 2.75) is 19.6 Å². The lowest BCUT2D eigenvalue weighted by molar-refractivity contribution is 1.25. The fourth-order valence-corrected chi connectivity index (χ4v) is 5.65. The van der Waals surface area contributed by atoms with E-state index in [2.05, 4.69) is 169 Å². The SMILES string of the molecule is C[Si](C)(C)c1cc(N(c2ccccc2)c2ccccc2)cc(N(c2ccccc2)c2ccccc2)c1. The molecule has 2 nitrogen and oxygen atoms in total. The molecule has 0 radical (unpaired) electrons. The van der Waals surface area contributed by atoms with Crippen molar-refractivity contribution in [3.8, 4) is 0 Å². The fourth-order valence-electron chi connectivity index (χ4n) is 4.49. The lowest BCUT2D eigenvalue weighted by Crippen LogP contribution is -2.38. The van der Waals surface area contributed by atoms with Crippen LogP contribution in [0.5, 0.6) is 0 Å². The summed E-state index contributed by atoms with van der Waals surface area (Å²) in [5.41, 5.74) is 6.92. The second kappa shape index (κ2) is 10.3. The molecule has 0 N–H and O–H groups in total. The van der Waals surface area contributed by atoms with Gasteiger partial charge in [0.05, 0.1) is 8.07 Å². The highest BCUT2D eigenvalue weighted by Crippen LogP contribution is 2.40. The molecule has 36 heavy (non-hydrogen) atoms. The number of rotatable bonds is 7. The predicted octanol–water partition coefficient (Wildman–Crippen LogP) is 9.17. The minimum absolute atomic E-state index is 1.15. The van der Waals surface area contributed by atoms with Crippen LogP contribution in [0.2, 0.25) is 19.6 Å². The van der Waals surface area contributed by atoms with E-state index in [1.807, 2.05) is 0 Å². The van der Waals surface area contributed by atoms with Crippen LogP contribution in [0.4, 0.5) is 34.1 Å². The van der Waals surface area contributed by atoms with Crippen LogP contribution in [0.1, 0.15) is 0 Å². The molecular weight excluding hydrogens is 452 g/mol. The highest BCUT2D eigenvalue weighted by atomic mass is 28.3. The van der Waals surface area contributed by atoms with Crippen molar-refractivity contribution in [2.24, 2.45) is 0 Å². The van der Waals surface area contributed by atoms with Gasteiger partial charge < -0.3 is 9.80 Å². The van der Waals surface area contributed by atoms with Crippen LogP contribution in [0.3, 0.4) is 0 Å². The first-order chi connectivity index (χ1) is 17.5. The van der Waals surface area contributed by atoms with E-state index < -0.39 is 8.07 Å². The minimum atomic E-state index is -1.64. The largest absolute Gasteiger partial charge is 0.310 e. The molecule has 0 aliphatic carbocycles. The molecule has 3 heteroatoms. The van der Waals surface area contributed by atoms with E-state index in [0.717, 1.165) is 22.7 Å². The molecule has 0 saturated carbocycles. The van der Waals surface area contributed by atoms with E-state index in [0.29, 0.717) is 0 Å². The number of hydrogen-bond acceptors (Lipinski definition) is 2. The van der Waals surface area contributed by atoms with Crippen molar-refractivity contribution >= 4 is 47.4 Å². The van der Waals surface area contributed by atoms with Crippen LogP contribution in [-0.4, -0.2) is 8.07 Å². The van der Waals surface area contributed by atoms with E-state index in [9.17, 15) is 0 Å². The van der Waals surface area contributed by atoms with Gasteiger partial charge >= 0.3 is 0 Å². The van der Waals surface area contributed by atoms with Crippen LogP contribution in [0.15, 0.2) is 140 Å². The summed E-state index contributed by atoms with van der Waals surface area (Å²) in [5, 5.41) is 1.42. The van der Waals surface area contributed by atoms with Gasteiger partial charge in [-0.25, -0.2) is 0 Å². The second-order valence-electron chi connectivity index (χ2n) is 10.0. The van der Waals surface area contributed by atoms with Crippen molar-refractivity contribution in [1.82, 2.24) is 0 Å². The Morgan fingerprint density at radius 3 is 0.889 bits per heavy atom. The van der Waals surface area contributed by atoms with Crippen LogP contribution in [0, 0.1) is 0 Å². The quantitative estimate of drug-likeness (QED) is 0.212. The molecule has 0 atom stereocenters. The van der Waals surface area contributed by atoms with Gasteiger partial charge in [-0.05, 0) is 66.7 Å². The first-order valence-electron chi connectivity index (χ1n) is 12.5. The van der Waals surface area contributed by atoms with Gasteiger partial charge in [-0.1, -0.05) is 97.6 Å². The van der Waals surface area contributed by atoms with Gasteiger partial charge in [0.2, 0.25) is 0 Å². The van der Waals surface area contributed by atoms with Crippen molar-refractivity contribution in [1.29, 1.82) is 0 Å². The molecule has 0 saturated heterocycles. The van der Waals surface area contributed by atoms with Crippen LogP contribution in [0.25, 0.3) is 0 Å². The highest BCUT2D eigenvalue weighted by molar-refractivity contribution is 6.88. The van der Waals surface area contributed by atoms with E-state index in [1.54, 1.807) is 0 Å². The molecular formula is C33H32N2Si. The molecule has 0 spiro atoms. The predicted molar refractivity (Wildman–Crippen MR) is 159 cm³/mol. The van der Waals surface area contributed by atoms with Gasteiger partial charge in [-0.15, -0.1) is 0 Å². The molecule has 0 aromatic heterocycles. The molecule has 0 aliphatic rings. The summed E-state index contributed by atoms with van der Waals surface area (Å²) in [6, 6.07) is 49.7. The Labute approximate surface area is 216 Å². The summed E-state index contributed by atoms with van der Waals surface area (Å²) in [5.74, 6) is 0. The Kier molecular flexibility index (Phi) is 6.74. The molecule has 0 unspecified atom stereocenters. The van der Waals surface area contributed by atoms with E-state index >= 15 is 0 Å².